The maximum Gasteiger partial charge on any atom is 0.416 e. The largest absolute Gasteiger partial charge is 0.482 e. The highest BCUT2D eigenvalue weighted by Crippen LogP contribution is 2.36. The van der Waals surface area contributed by atoms with E-state index in [1.807, 2.05) is 0 Å². The molecule has 0 aromatic heterocycles. The number of benzene rings is 2. The van der Waals surface area contributed by atoms with Crippen LogP contribution in [0.4, 0.5) is 24.5 Å². The number of nitrogens with zero attached hydrogens (tertiary/aromatic N) is 3. The predicted octanol–water partition coefficient (Wildman–Crippen LogP) is 4.65. The molecule has 0 aliphatic carbocycles. The summed E-state index contributed by atoms with van der Waals surface area (Å²) in [7, 11) is 0. The number of hydrogen-bond donors (Lipinski definition) is 0. The Morgan fingerprint density at radius 2 is 1.77 bits per heavy atom. The number of piperazine rings is 1. The Balaban J connectivity index is 1.63. The van der Waals surface area contributed by atoms with Gasteiger partial charge in [-0.3, -0.25) is 14.9 Å². The number of ether oxygens (including phenoxy) is 1. The van der Waals surface area contributed by atoms with Crippen molar-refractivity contribution < 1.29 is 27.6 Å². The van der Waals surface area contributed by atoms with E-state index in [9.17, 15) is 28.1 Å². The summed E-state index contributed by atoms with van der Waals surface area (Å²) < 4.78 is 44.1. The van der Waals surface area contributed by atoms with Crippen molar-refractivity contribution in [2.24, 2.45) is 0 Å². The molecule has 2 aromatic carbocycles. The van der Waals surface area contributed by atoms with Gasteiger partial charge in [0, 0.05) is 43.3 Å². The van der Waals surface area contributed by atoms with Crippen LogP contribution in [0, 0.1) is 10.1 Å². The van der Waals surface area contributed by atoms with Gasteiger partial charge in [-0.2, -0.15) is 13.2 Å². The van der Waals surface area contributed by atoms with Crippen LogP contribution in [0.2, 0.25) is 10.0 Å². The normalized spacial score (nSPS) is 14.5. The fourth-order valence-corrected chi connectivity index (χ4v) is 3.46. The van der Waals surface area contributed by atoms with Gasteiger partial charge in [0.15, 0.2) is 6.61 Å². The molecule has 166 valence electrons. The van der Waals surface area contributed by atoms with Crippen LogP contribution < -0.4 is 9.64 Å². The Morgan fingerprint density at radius 1 is 1.10 bits per heavy atom. The highest BCUT2D eigenvalue weighted by atomic mass is 35.5. The molecule has 1 aliphatic rings. The molecule has 3 rings (SSSR count). The molecule has 1 aliphatic heterocycles. The molecule has 0 atom stereocenters. The zero-order valence-corrected chi connectivity index (χ0v) is 17.4. The number of alkyl halides is 3. The molecule has 2 aromatic rings. The third kappa shape index (κ3) is 5.50. The molecule has 1 amide bonds. The van der Waals surface area contributed by atoms with E-state index in [-0.39, 0.29) is 50.1 Å². The van der Waals surface area contributed by atoms with Gasteiger partial charge in [0.05, 0.1) is 15.5 Å². The fraction of sp³-hybridized carbons (Fsp3) is 0.316. The van der Waals surface area contributed by atoms with Gasteiger partial charge in [0.25, 0.3) is 11.6 Å². The standard InChI is InChI=1S/C19H16Cl2F3N3O4/c20-13-2-3-14(21)17(10-13)31-11-18(28)26-7-5-25(6-8-26)15-4-1-12(19(22,23)24)9-16(15)27(29)30/h1-4,9-10H,5-8,11H2. The lowest BCUT2D eigenvalue weighted by Gasteiger charge is -2.35. The van der Waals surface area contributed by atoms with E-state index in [0.717, 1.165) is 12.1 Å². The van der Waals surface area contributed by atoms with Gasteiger partial charge in [0.2, 0.25) is 0 Å². The molecule has 12 heteroatoms. The predicted molar refractivity (Wildman–Crippen MR) is 109 cm³/mol. The van der Waals surface area contributed by atoms with E-state index < -0.39 is 22.4 Å². The summed E-state index contributed by atoms with van der Waals surface area (Å²) in [6.07, 6.45) is -4.68. The summed E-state index contributed by atoms with van der Waals surface area (Å²) in [4.78, 5) is 26.0. The van der Waals surface area contributed by atoms with Gasteiger partial charge < -0.3 is 14.5 Å². The first-order chi connectivity index (χ1) is 14.6. The molecule has 0 unspecified atom stereocenters. The van der Waals surface area contributed by atoms with Crippen molar-refractivity contribution in [1.29, 1.82) is 0 Å². The summed E-state index contributed by atoms with van der Waals surface area (Å²) >= 11 is 11.9. The van der Waals surface area contributed by atoms with Crippen LogP contribution in [0.5, 0.6) is 5.75 Å². The van der Waals surface area contributed by atoms with Crippen molar-refractivity contribution in [2.45, 2.75) is 6.18 Å². The number of carbonyl (C=O) groups is 1. The third-order valence-electron chi connectivity index (χ3n) is 4.72. The summed E-state index contributed by atoms with van der Waals surface area (Å²) in [6.45, 7) is 0.611. The monoisotopic (exact) mass is 477 g/mol. The van der Waals surface area contributed by atoms with Gasteiger partial charge in [-0.05, 0) is 24.3 Å². The minimum atomic E-state index is -4.68. The summed E-state index contributed by atoms with van der Waals surface area (Å²) in [6, 6.07) is 7.02. The number of anilines is 1. The second kappa shape index (κ2) is 9.19. The SMILES string of the molecule is O=C(COc1cc(Cl)ccc1Cl)N1CCN(c2ccc(C(F)(F)F)cc2[N+](=O)[O-])CC1. The number of rotatable bonds is 5. The topological polar surface area (TPSA) is 75.9 Å². The van der Waals surface area contributed by atoms with Gasteiger partial charge in [-0.15, -0.1) is 0 Å². The third-order valence-corrected chi connectivity index (χ3v) is 5.26. The maximum atomic E-state index is 12.9. The van der Waals surface area contributed by atoms with E-state index in [0.29, 0.717) is 16.1 Å². The van der Waals surface area contributed by atoms with E-state index >= 15 is 0 Å². The second-order valence-corrected chi connectivity index (χ2v) is 7.53. The molecule has 1 saturated heterocycles. The number of carbonyl (C=O) groups excluding carboxylic acids is 1. The lowest BCUT2D eigenvalue weighted by molar-refractivity contribution is -0.384. The van der Waals surface area contributed by atoms with Crippen LogP contribution in [0.25, 0.3) is 0 Å². The molecular weight excluding hydrogens is 462 g/mol. The second-order valence-electron chi connectivity index (χ2n) is 6.69. The number of hydrogen-bond acceptors (Lipinski definition) is 5. The number of amides is 1. The zero-order valence-electron chi connectivity index (χ0n) is 15.9. The molecule has 1 heterocycles. The van der Waals surface area contributed by atoms with Crippen molar-refractivity contribution in [1.82, 2.24) is 4.90 Å². The fourth-order valence-electron chi connectivity index (χ4n) is 3.13. The molecule has 0 spiro atoms. The van der Waals surface area contributed by atoms with Crippen molar-refractivity contribution in [3.63, 3.8) is 0 Å². The van der Waals surface area contributed by atoms with Crippen LogP contribution >= 0.6 is 23.2 Å². The first-order valence-electron chi connectivity index (χ1n) is 9.02. The van der Waals surface area contributed by atoms with Crippen LogP contribution in [0.1, 0.15) is 5.56 Å². The molecule has 0 N–H and O–H groups in total. The van der Waals surface area contributed by atoms with E-state index in [2.05, 4.69) is 0 Å². The van der Waals surface area contributed by atoms with Crippen molar-refractivity contribution in [2.75, 3.05) is 37.7 Å². The Hall–Kier alpha value is -2.72. The van der Waals surface area contributed by atoms with Crippen molar-refractivity contribution in [3.8, 4) is 5.75 Å². The molecule has 1 fully saturated rings. The first-order valence-corrected chi connectivity index (χ1v) is 9.78. The van der Waals surface area contributed by atoms with Gasteiger partial charge in [-0.1, -0.05) is 23.2 Å². The average Bonchev–Trinajstić information content (AvgIpc) is 2.73. The number of nitro benzene ring substituents is 1. The first kappa shape index (κ1) is 23.0. The number of halogens is 5. The lowest BCUT2D eigenvalue weighted by Crippen LogP contribution is -2.50. The lowest BCUT2D eigenvalue weighted by atomic mass is 10.1. The number of nitro groups is 1. The van der Waals surface area contributed by atoms with Crippen LogP contribution in [0.3, 0.4) is 0 Å². The van der Waals surface area contributed by atoms with Gasteiger partial charge in [0.1, 0.15) is 11.4 Å². The van der Waals surface area contributed by atoms with Crippen molar-refractivity contribution >= 4 is 40.5 Å². The Bertz CT molecular complexity index is 996. The highest BCUT2D eigenvalue weighted by Gasteiger charge is 2.34. The minimum Gasteiger partial charge on any atom is -0.482 e. The Labute approximate surface area is 185 Å². The highest BCUT2D eigenvalue weighted by molar-refractivity contribution is 6.34. The maximum absolute atomic E-state index is 12.9. The molecule has 0 radical (unpaired) electrons. The van der Waals surface area contributed by atoms with Crippen LogP contribution in [0.15, 0.2) is 36.4 Å². The van der Waals surface area contributed by atoms with Crippen LogP contribution in [-0.2, 0) is 11.0 Å². The smallest absolute Gasteiger partial charge is 0.416 e. The van der Waals surface area contributed by atoms with Gasteiger partial charge in [-0.25, -0.2) is 0 Å². The summed E-state index contributed by atoms with van der Waals surface area (Å²) in [5.41, 5.74) is -1.64. The molecule has 7 nitrogen and oxygen atoms in total. The Morgan fingerprint density at radius 3 is 2.39 bits per heavy atom. The van der Waals surface area contributed by atoms with Gasteiger partial charge >= 0.3 is 6.18 Å². The Kier molecular flexibility index (Phi) is 6.80. The molecule has 31 heavy (non-hydrogen) atoms. The van der Waals surface area contributed by atoms with E-state index in [4.69, 9.17) is 27.9 Å². The summed E-state index contributed by atoms with van der Waals surface area (Å²) in [5.74, 6) is -0.0563. The van der Waals surface area contributed by atoms with Crippen LogP contribution in [-0.4, -0.2) is 48.5 Å². The molecule has 0 saturated carbocycles. The van der Waals surface area contributed by atoms with E-state index in [1.165, 1.54) is 11.0 Å². The molecular formula is C19H16Cl2F3N3O4. The average molecular weight is 478 g/mol. The van der Waals surface area contributed by atoms with Crippen molar-refractivity contribution in [3.05, 3.63) is 62.1 Å². The zero-order chi connectivity index (χ0) is 22.8. The molecule has 0 bridgehead atoms. The minimum absolute atomic E-state index is 0.0760. The quantitative estimate of drug-likeness (QED) is 0.462. The summed E-state index contributed by atoms with van der Waals surface area (Å²) in [5, 5.41) is 12.0. The van der Waals surface area contributed by atoms with E-state index in [1.54, 1.807) is 17.0 Å².